The molecular weight excluding hydrogens is 188 g/mol. The summed E-state index contributed by atoms with van der Waals surface area (Å²) in [6, 6.07) is 10.1. The van der Waals surface area contributed by atoms with Crippen LogP contribution in [0.1, 0.15) is 25.3 Å². The summed E-state index contributed by atoms with van der Waals surface area (Å²) in [5.74, 6) is 0.0599. The van der Waals surface area contributed by atoms with Crippen LogP contribution in [0.3, 0.4) is 0 Å². The highest BCUT2D eigenvalue weighted by Crippen LogP contribution is 2.29. The minimum Gasteiger partial charge on any atom is -0.461 e. The molecule has 0 unspecified atom stereocenters. The second kappa shape index (κ2) is 4.47. The van der Waals surface area contributed by atoms with E-state index in [2.05, 4.69) is 19.1 Å². The Morgan fingerprint density at radius 2 is 2.00 bits per heavy atom. The summed E-state index contributed by atoms with van der Waals surface area (Å²) in [4.78, 5) is 11.3. The monoisotopic (exact) mass is 204 g/mol. The summed E-state index contributed by atoms with van der Waals surface area (Å²) >= 11 is 0. The van der Waals surface area contributed by atoms with Crippen LogP contribution < -0.4 is 0 Å². The molecule has 0 bridgehead atoms. The van der Waals surface area contributed by atoms with Crippen molar-refractivity contribution in [2.75, 3.05) is 0 Å². The molecule has 1 aromatic carbocycles. The van der Waals surface area contributed by atoms with Crippen LogP contribution in [0, 0.1) is 5.92 Å². The molecular formula is C13H16O2. The molecule has 1 fully saturated rings. The Labute approximate surface area is 90.3 Å². The number of rotatable bonds is 4. The Hall–Kier alpha value is -1.31. The number of cyclic esters (lactones) is 1. The molecule has 1 aromatic rings. The van der Waals surface area contributed by atoms with Crippen molar-refractivity contribution in [2.45, 2.75) is 32.3 Å². The van der Waals surface area contributed by atoms with E-state index in [0.29, 0.717) is 0 Å². The number of carbonyl (C=O) groups excluding carboxylic acids is 1. The first kappa shape index (κ1) is 10.2. The number of hydrogen-bond acceptors (Lipinski definition) is 2. The third-order valence-corrected chi connectivity index (χ3v) is 2.89. The standard InChI is InChI=1S/C13H16O2/c1-2-6-12-11(13(14)15-12)9-10-7-4-3-5-8-10/h3-5,7-8,11-12H,2,6,9H2,1H3/t11-,12+/m0/s1. The highest BCUT2D eigenvalue weighted by Gasteiger charge is 2.41. The lowest BCUT2D eigenvalue weighted by molar-refractivity contribution is -0.185. The van der Waals surface area contributed by atoms with Gasteiger partial charge in [-0.15, -0.1) is 0 Å². The number of hydrogen-bond donors (Lipinski definition) is 0. The second-order valence-electron chi connectivity index (χ2n) is 4.06. The molecule has 2 nitrogen and oxygen atoms in total. The van der Waals surface area contributed by atoms with Gasteiger partial charge in [0.05, 0.1) is 5.92 Å². The van der Waals surface area contributed by atoms with Crippen molar-refractivity contribution in [2.24, 2.45) is 5.92 Å². The normalized spacial score (nSPS) is 24.5. The van der Waals surface area contributed by atoms with E-state index in [0.717, 1.165) is 19.3 Å². The van der Waals surface area contributed by atoms with E-state index < -0.39 is 0 Å². The van der Waals surface area contributed by atoms with E-state index in [4.69, 9.17) is 4.74 Å². The third-order valence-electron chi connectivity index (χ3n) is 2.89. The largest absolute Gasteiger partial charge is 0.461 e. The van der Waals surface area contributed by atoms with E-state index in [1.807, 2.05) is 18.2 Å². The van der Waals surface area contributed by atoms with Crippen LogP contribution in [0.25, 0.3) is 0 Å². The second-order valence-corrected chi connectivity index (χ2v) is 4.06. The molecule has 0 amide bonds. The molecule has 0 aliphatic carbocycles. The van der Waals surface area contributed by atoms with Gasteiger partial charge in [-0.3, -0.25) is 4.79 Å². The van der Waals surface area contributed by atoms with Crippen LogP contribution in [0.2, 0.25) is 0 Å². The van der Waals surface area contributed by atoms with E-state index in [1.54, 1.807) is 0 Å². The Balaban J connectivity index is 1.96. The fraction of sp³-hybridized carbons (Fsp3) is 0.462. The average molecular weight is 204 g/mol. The zero-order valence-corrected chi connectivity index (χ0v) is 8.98. The highest BCUT2D eigenvalue weighted by atomic mass is 16.6. The molecule has 0 radical (unpaired) electrons. The smallest absolute Gasteiger partial charge is 0.313 e. The van der Waals surface area contributed by atoms with Crippen LogP contribution in [0.5, 0.6) is 0 Å². The third kappa shape index (κ3) is 2.20. The van der Waals surface area contributed by atoms with Crippen LogP contribution in [-0.4, -0.2) is 12.1 Å². The molecule has 80 valence electrons. The van der Waals surface area contributed by atoms with E-state index in [1.165, 1.54) is 5.56 Å². The van der Waals surface area contributed by atoms with Crippen molar-refractivity contribution in [1.82, 2.24) is 0 Å². The summed E-state index contributed by atoms with van der Waals surface area (Å²) in [6.45, 7) is 2.12. The van der Waals surface area contributed by atoms with Crippen LogP contribution in [0.15, 0.2) is 30.3 Å². The Kier molecular flexibility index (Phi) is 3.05. The molecule has 0 aromatic heterocycles. The zero-order valence-electron chi connectivity index (χ0n) is 8.98. The van der Waals surface area contributed by atoms with Gasteiger partial charge in [-0.05, 0) is 18.4 Å². The number of benzene rings is 1. The van der Waals surface area contributed by atoms with Gasteiger partial charge in [0.15, 0.2) is 0 Å². The van der Waals surface area contributed by atoms with Crippen LogP contribution in [-0.2, 0) is 16.0 Å². The molecule has 1 heterocycles. The van der Waals surface area contributed by atoms with E-state index >= 15 is 0 Å². The van der Waals surface area contributed by atoms with Gasteiger partial charge in [0, 0.05) is 0 Å². The Bertz CT molecular complexity index is 332. The summed E-state index contributed by atoms with van der Waals surface area (Å²) in [5, 5.41) is 0. The van der Waals surface area contributed by atoms with Gasteiger partial charge >= 0.3 is 5.97 Å². The van der Waals surface area contributed by atoms with Crippen LogP contribution in [0.4, 0.5) is 0 Å². The predicted octanol–water partition coefficient (Wildman–Crippen LogP) is 2.57. The quantitative estimate of drug-likeness (QED) is 0.704. The lowest BCUT2D eigenvalue weighted by Crippen LogP contribution is -2.46. The van der Waals surface area contributed by atoms with E-state index in [-0.39, 0.29) is 18.0 Å². The predicted molar refractivity (Wildman–Crippen MR) is 58.4 cm³/mol. The van der Waals surface area contributed by atoms with Gasteiger partial charge in [-0.1, -0.05) is 43.7 Å². The van der Waals surface area contributed by atoms with Crippen molar-refractivity contribution >= 4 is 5.97 Å². The molecule has 0 spiro atoms. The van der Waals surface area contributed by atoms with Crippen molar-refractivity contribution < 1.29 is 9.53 Å². The Morgan fingerprint density at radius 1 is 1.27 bits per heavy atom. The topological polar surface area (TPSA) is 26.3 Å². The Morgan fingerprint density at radius 3 is 2.60 bits per heavy atom. The van der Waals surface area contributed by atoms with Gasteiger partial charge in [0.1, 0.15) is 6.10 Å². The zero-order chi connectivity index (χ0) is 10.7. The summed E-state index contributed by atoms with van der Waals surface area (Å²) in [5.41, 5.74) is 1.22. The fourth-order valence-corrected chi connectivity index (χ4v) is 2.03. The van der Waals surface area contributed by atoms with Gasteiger partial charge < -0.3 is 4.74 Å². The van der Waals surface area contributed by atoms with E-state index in [9.17, 15) is 4.79 Å². The summed E-state index contributed by atoms with van der Waals surface area (Å²) in [6.07, 6.45) is 3.04. The molecule has 1 saturated heterocycles. The number of esters is 1. The average Bonchev–Trinajstić information content (AvgIpc) is 2.27. The molecule has 1 aliphatic heterocycles. The molecule has 2 rings (SSSR count). The molecule has 0 saturated carbocycles. The van der Waals surface area contributed by atoms with Crippen molar-refractivity contribution in [3.05, 3.63) is 35.9 Å². The summed E-state index contributed by atoms with van der Waals surface area (Å²) < 4.78 is 5.13. The molecule has 1 aliphatic rings. The van der Waals surface area contributed by atoms with Gasteiger partial charge in [-0.25, -0.2) is 0 Å². The van der Waals surface area contributed by atoms with Gasteiger partial charge in [0.2, 0.25) is 0 Å². The van der Waals surface area contributed by atoms with Crippen molar-refractivity contribution in [3.8, 4) is 0 Å². The first-order chi connectivity index (χ1) is 7.31. The summed E-state index contributed by atoms with van der Waals surface area (Å²) in [7, 11) is 0. The van der Waals surface area contributed by atoms with Crippen molar-refractivity contribution in [3.63, 3.8) is 0 Å². The first-order valence-corrected chi connectivity index (χ1v) is 5.55. The molecule has 2 atom stereocenters. The minimum atomic E-state index is -0.0303. The minimum absolute atomic E-state index is 0.0303. The SMILES string of the molecule is CCC[C@H]1OC(=O)[C@H]1Cc1ccccc1. The maximum atomic E-state index is 11.3. The first-order valence-electron chi connectivity index (χ1n) is 5.55. The molecule has 2 heteroatoms. The molecule has 15 heavy (non-hydrogen) atoms. The molecule has 0 N–H and O–H groups in total. The highest BCUT2D eigenvalue weighted by molar-refractivity contribution is 5.78. The van der Waals surface area contributed by atoms with Crippen molar-refractivity contribution in [1.29, 1.82) is 0 Å². The maximum absolute atomic E-state index is 11.3. The lowest BCUT2D eigenvalue weighted by Gasteiger charge is -2.35. The van der Waals surface area contributed by atoms with Gasteiger partial charge in [-0.2, -0.15) is 0 Å². The maximum Gasteiger partial charge on any atom is 0.313 e. The lowest BCUT2D eigenvalue weighted by atomic mass is 9.87. The van der Waals surface area contributed by atoms with Gasteiger partial charge in [0.25, 0.3) is 0 Å². The fourth-order valence-electron chi connectivity index (χ4n) is 2.03. The van der Waals surface area contributed by atoms with Crippen LogP contribution >= 0.6 is 0 Å². The number of ether oxygens (including phenoxy) is 1. The number of carbonyl (C=O) groups is 1.